The predicted molar refractivity (Wildman–Crippen MR) is 116 cm³/mol. The van der Waals surface area contributed by atoms with Crippen LogP contribution >= 0.6 is 0 Å². The molecule has 2 heterocycles. The highest BCUT2D eigenvalue weighted by molar-refractivity contribution is 6.25. The SMILES string of the molecule is c1ccc2c(c1)ccc1oc3cc4oc5ccc6ccccc6c5c4cc3c12. The van der Waals surface area contributed by atoms with Gasteiger partial charge in [0.2, 0.25) is 0 Å². The quantitative estimate of drug-likeness (QED) is 0.276. The van der Waals surface area contributed by atoms with Gasteiger partial charge >= 0.3 is 0 Å². The zero-order valence-electron chi connectivity index (χ0n) is 14.9. The zero-order valence-corrected chi connectivity index (χ0v) is 14.9. The van der Waals surface area contributed by atoms with E-state index in [1.807, 2.05) is 6.07 Å². The molecule has 28 heavy (non-hydrogen) atoms. The summed E-state index contributed by atoms with van der Waals surface area (Å²) < 4.78 is 12.4. The first-order valence-corrected chi connectivity index (χ1v) is 9.45. The molecule has 0 aliphatic carbocycles. The second-order valence-electron chi connectivity index (χ2n) is 7.37. The molecule has 0 bridgehead atoms. The molecule has 7 rings (SSSR count). The monoisotopic (exact) mass is 358 g/mol. The molecule has 2 heteroatoms. The van der Waals surface area contributed by atoms with Crippen molar-refractivity contribution in [1.82, 2.24) is 0 Å². The van der Waals surface area contributed by atoms with Crippen molar-refractivity contribution >= 4 is 65.4 Å². The average molecular weight is 358 g/mol. The fourth-order valence-corrected chi connectivity index (χ4v) is 4.59. The van der Waals surface area contributed by atoms with Crippen LogP contribution in [0, 0.1) is 0 Å². The Labute approximate surface area is 159 Å². The Hall–Kier alpha value is -3.78. The number of rotatable bonds is 0. The Balaban J connectivity index is 1.74. The lowest BCUT2D eigenvalue weighted by Crippen LogP contribution is -1.75. The van der Waals surface area contributed by atoms with Crippen LogP contribution in [0.25, 0.3) is 65.4 Å². The molecule has 0 aliphatic rings. The standard InChI is InChI=1S/C26H14O2/c1-3-7-17-15(5-1)9-11-21-25(17)19-13-20-24(14-23(19)27-21)28-22-12-10-16-6-2-4-8-18(16)26(20)22/h1-14H. The minimum Gasteiger partial charge on any atom is -0.456 e. The van der Waals surface area contributed by atoms with E-state index in [0.717, 1.165) is 33.1 Å². The third kappa shape index (κ3) is 1.72. The van der Waals surface area contributed by atoms with E-state index in [9.17, 15) is 0 Å². The number of hydrogen-bond acceptors (Lipinski definition) is 2. The van der Waals surface area contributed by atoms with Gasteiger partial charge in [-0.25, -0.2) is 0 Å². The van der Waals surface area contributed by atoms with E-state index in [4.69, 9.17) is 8.83 Å². The second kappa shape index (κ2) is 4.93. The summed E-state index contributed by atoms with van der Waals surface area (Å²) in [7, 11) is 0. The Morgan fingerprint density at radius 1 is 0.393 bits per heavy atom. The first kappa shape index (κ1) is 14.3. The van der Waals surface area contributed by atoms with E-state index in [0.29, 0.717) is 0 Å². The van der Waals surface area contributed by atoms with E-state index in [-0.39, 0.29) is 0 Å². The van der Waals surface area contributed by atoms with Crippen molar-refractivity contribution in [2.45, 2.75) is 0 Å². The summed E-state index contributed by atoms with van der Waals surface area (Å²) >= 11 is 0. The second-order valence-corrected chi connectivity index (χ2v) is 7.37. The highest BCUT2D eigenvalue weighted by atomic mass is 16.3. The number of benzene rings is 5. The summed E-state index contributed by atoms with van der Waals surface area (Å²) in [6.07, 6.45) is 0. The van der Waals surface area contributed by atoms with Gasteiger partial charge in [-0.2, -0.15) is 0 Å². The predicted octanol–water partition coefficient (Wildman–Crippen LogP) is 7.79. The van der Waals surface area contributed by atoms with E-state index in [1.165, 1.54) is 32.3 Å². The van der Waals surface area contributed by atoms with E-state index >= 15 is 0 Å². The summed E-state index contributed by atoms with van der Waals surface area (Å²) in [5.74, 6) is 0. The Morgan fingerprint density at radius 3 is 1.43 bits per heavy atom. The van der Waals surface area contributed by atoms with E-state index in [2.05, 4.69) is 78.9 Å². The van der Waals surface area contributed by atoms with Crippen LogP contribution in [0.4, 0.5) is 0 Å². The first-order chi connectivity index (χ1) is 13.9. The van der Waals surface area contributed by atoms with Crippen molar-refractivity contribution < 1.29 is 8.83 Å². The molecule has 0 fully saturated rings. The molecule has 0 atom stereocenters. The highest BCUT2D eigenvalue weighted by Crippen LogP contribution is 2.41. The summed E-state index contributed by atoms with van der Waals surface area (Å²) in [6.45, 7) is 0. The molecular formula is C26H14O2. The molecule has 0 saturated heterocycles. The molecule has 0 aliphatic heterocycles. The minimum atomic E-state index is 0.863. The summed E-state index contributed by atoms with van der Waals surface area (Å²) in [5, 5.41) is 9.49. The van der Waals surface area contributed by atoms with Crippen LogP contribution in [-0.2, 0) is 0 Å². The number of furan rings is 2. The molecule has 0 radical (unpaired) electrons. The van der Waals surface area contributed by atoms with Crippen LogP contribution in [0.3, 0.4) is 0 Å². The Bertz CT molecular complexity index is 1590. The van der Waals surface area contributed by atoms with Crippen molar-refractivity contribution in [2.75, 3.05) is 0 Å². The molecule has 5 aromatic carbocycles. The van der Waals surface area contributed by atoms with Gasteiger partial charge in [0.1, 0.15) is 22.3 Å². The summed E-state index contributed by atoms with van der Waals surface area (Å²) in [5.41, 5.74) is 3.55. The zero-order chi connectivity index (χ0) is 18.2. The van der Waals surface area contributed by atoms with Gasteiger partial charge in [-0.15, -0.1) is 0 Å². The summed E-state index contributed by atoms with van der Waals surface area (Å²) in [6, 6.07) is 29.6. The molecule has 0 spiro atoms. The number of fused-ring (bicyclic) bond motifs is 10. The first-order valence-electron chi connectivity index (χ1n) is 9.45. The third-order valence-electron chi connectivity index (χ3n) is 5.84. The molecule has 2 aromatic heterocycles. The van der Waals surface area contributed by atoms with Crippen LogP contribution in [0.2, 0.25) is 0 Å². The highest BCUT2D eigenvalue weighted by Gasteiger charge is 2.16. The lowest BCUT2D eigenvalue weighted by molar-refractivity contribution is 0.656. The minimum absolute atomic E-state index is 0.863. The van der Waals surface area contributed by atoms with Gasteiger partial charge in [0, 0.05) is 27.6 Å². The lowest BCUT2D eigenvalue weighted by Gasteiger charge is -2.00. The van der Waals surface area contributed by atoms with Gasteiger partial charge < -0.3 is 8.83 Å². The molecule has 130 valence electrons. The molecule has 2 nitrogen and oxygen atoms in total. The van der Waals surface area contributed by atoms with Crippen LogP contribution < -0.4 is 0 Å². The average Bonchev–Trinajstić information content (AvgIpc) is 3.29. The molecule has 0 amide bonds. The maximum atomic E-state index is 6.19. The molecule has 0 unspecified atom stereocenters. The molecular weight excluding hydrogens is 344 g/mol. The normalized spacial score (nSPS) is 12.3. The maximum absolute atomic E-state index is 6.19. The number of hydrogen-bond donors (Lipinski definition) is 0. The van der Waals surface area contributed by atoms with Crippen LogP contribution in [0.1, 0.15) is 0 Å². The Kier molecular flexibility index (Phi) is 2.52. The van der Waals surface area contributed by atoms with Gasteiger partial charge in [0.25, 0.3) is 0 Å². The van der Waals surface area contributed by atoms with Gasteiger partial charge in [0.15, 0.2) is 0 Å². The van der Waals surface area contributed by atoms with Crippen LogP contribution in [0.5, 0.6) is 0 Å². The smallest absolute Gasteiger partial charge is 0.139 e. The summed E-state index contributed by atoms with van der Waals surface area (Å²) in [4.78, 5) is 0. The van der Waals surface area contributed by atoms with Crippen molar-refractivity contribution in [2.24, 2.45) is 0 Å². The van der Waals surface area contributed by atoms with Gasteiger partial charge in [-0.3, -0.25) is 0 Å². The topological polar surface area (TPSA) is 26.3 Å². The van der Waals surface area contributed by atoms with Crippen molar-refractivity contribution in [3.8, 4) is 0 Å². The van der Waals surface area contributed by atoms with Crippen LogP contribution in [-0.4, -0.2) is 0 Å². The van der Waals surface area contributed by atoms with E-state index < -0.39 is 0 Å². The lowest BCUT2D eigenvalue weighted by atomic mass is 10.0. The van der Waals surface area contributed by atoms with Crippen LogP contribution in [0.15, 0.2) is 93.8 Å². The van der Waals surface area contributed by atoms with Crippen molar-refractivity contribution in [3.05, 3.63) is 84.9 Å². The largest absolute Gasteiger partial charge is 0.456 e. The maximum Gasteiger partial charge on any atom is 0.139 e. The molecule has 0 saturated carbocycles. The molecule has 0 N–H and O–H groups in total. The molecule has 7 aromatic rings. The fourth-order valence-electron chi connectivity index (χ4n) is 4.59. The van der Waals surface area contributed by atoms with Gasteiger partial charge in [0.05, 0.1) is 0 Å². The van der Waals surface area contributed by atoms with Gasteiger partial charge in [-0.05, 0) is 39.7 Å². The Morgan fingerprint density at radius 2 is 0.893 bits per heavy atom. The van der Waals surface area contributed by atoms with Crippen molar-refractivity contribution in [3.63, 3.8) is 0 Å². The third-order valence-corrected chi connectivity index (χ3v) is 5.84. The van der Waals surface area contributed by atoms with E-state index in [1.54, 1.807) is 0 Å². The fraction of sp³-hybridized carbons (Fsp3) is 0. The van der Waals surface area contributed by atoms with Crippen molar-refractivity contribution in [1.29, 1.82) is 0 Å². The van der Waals surface area contributed by atoms with Gasteiger partial charge in [-0.1, -0.05) is 60.7 Å².